The van der Waals surface area contributed by atoms with E-state index in [1.165, 1.54) is 39.5 Å². The number of nitrogens with one attached hydrogen (secondary N) is 1. The summed E-state index contributed by atoms with van der Waals surface area (Å²) in [6, 6.07) is 10.8. The Bertz CT molecular complexity index is 1330. The van der Waals surface area contributed by atoms with Gasteiger partial charge in [-0.05, 0) is 43.3 Å². The standard InChI is InChI=1S/C22H20Cl2N4O5S2/c1-14(33-18-4-2-3-17(23)20(18)24)21(30)27-10-11-28(19(29)13-27)15-5-7-16(8-6-15)35(31,32)26-22-25-9-12-34-22/h2-9,12,14H,10-11,13H2,1H3,(H,25,26)/t14-/m0/s1. The van der Waals surface area contributed by atoms with E-state index >= 15 is 0 Å². The molecule has 1 N–H and O–H groups in total. The second kappa shape index (κ2) is 10.4. The summed E-state index contributed by atoms with van der Waals surface area (Å²) in [4.78, 5) is 32.5. The second-order valence-electron chi connectivity index (χ2n) is 7.55. The fourth-order valence-corrected chi connectivity index (χ4v) is 5.59. The number of thiazole rings is 1. The number of rotatable bonds is 7. The van der Waals surface area contributed by atoms with E-state index < -0.39 is 16.1 Å². The van der Waals surface area contributed by atoms with Crippen LogP contribution in [0.25, 0.3) is 0 Å². The van der Waals surface area contributed by atoms with Gasteiger partial charge in [0.2, 0.25) is 5.91 Å². The predicted molar refractivity (Wildman–Crippen MR) is 135 cm³/mol. The van der Waals surface area contributed by atoms with Gasteiger partial charge >= 0.3 is 0 Å². The van der Waals surface area contributed by atoms with Gasteiger partial charge in [0.25, 0.3) is 15.9 Å². The molecule has 2 aromatic carbocycles. The lowest BCUT2D eigenvalue weighted by Gasteiger charge is -2.35. The molecule has 3 aromatic rings. The molecule has 1 atom stereocenters. The minimum absolute atomic E-state index is 0.0448. The Hall–Kier alpha value is -2.86. The SMILES string of the molecule is C[C@H](Oc1cccc(Cl)c1Cl)C(=O)N1CCN(c2ccc(S(=O)(=O)Nc3nccs3)cc2)C(=O)C1. The van der Waals surface area contributed by atoms with Gasteiger partial charge in [-0.1, -0.05) is 29.3 Å². The number of anilines is 2. The van der Waals surface area contributed by atoms with E-state index in [1.54, 1.807) is 42.6 Å². The Labute approximate surface area is 216 Å². The third-order valence-electron chi connectivity index (χ3n) is 5.21. The number of amides is 2. The first-order chi connectivity index (χ1) is 16.7. The highest BCUT2D eigenvalue weighted by atomic mass is 35.5. The molecular weight excluding hydrogens is 535 g/mol. The summed E-state index contributed by atoms with van der Waals surface area (Å²) >= 11 is 13.3. The molecule has 1 saturated heterocycles. The number of benzene rings is 2. The molecule has 0 spiro atoms. The van der Waals surface area contributed by atoms with Crippen LogP contribution in [0.1, 0.15) is 6.92 Å². The molecule has 0 unspecified atom stereocenters. The van der Waals surface area contributed by atoms with Crippen LogP contribution in [0.5, 0.6) is 5.75 Å². The number of aromatic nitrogens is 1. The van der Waals surface area contributed by atoms with Gasteiger partial charge in [0.1, 0.15) is 17.3 Å². The molecule has 2 heterocycles. The number of carbonyl (C=O) groups is 2. The van der Waals surface area contributed by atoms with E-state index in [1.807, 2.05) is 0 Å². The summed E-state index contributed by atoms with van der Waals surface area (Å²) in [7, 11) is -3.80. The summed E-state index contributed by atoms with van der Waals surface area (Å²) < 4.78 is 33.1. The van der Waals surface area contributed by atoms with Crippen molar-refractivity contribution in [1.29, 1.82) is 0 Å². The number of ether oxygens (including phenoxy) is 1. The molecule has 35 heavy (non-hydrogen) atoms. The van der Waals surface area contributed by atoms with E-state index in [0.717, 1.165) is 0 Å². The lowest BCUT2D eigenvalue weighted by molar-refractivity contribution is -0.142. The van der Waals surface area contributed by atoms with E-state index in [9.17, 15) is 18.0 Å². The van der Waals surface area contributed by atoms with E-state index in [-0.39, 0.29) is 52.2 Å². The Morgan fingerprint density at radius 3 is 2.57 bits per heavy atom. The highest BCUT2D eigenvalue weighted by Crippen LogP contribution is 2.32. The fraction of sp³-hybridized carbons (Fsp3) is 0.227. The Morgan fingerprint density at radius 1 is 1.17 bits per heavy atom. The summed E-state index contributed by atoms with van der Waals surface area (Å²) in [6.07, 6.45) is 0.626. The molecule has 0 saturated carbocycles. The van der Waals surface area contributed by atoms with Crippen molar-refractivity contribution in [2.75, 3.05) is 29.3 Å². The maximum atomic E-state index is 12.8. The summed E-state index contributed by atoms with van der Waals surface area (Å²) in [6.45, 7) is 1.97. The van der Waals surface area contributed by atoms with Crippen LogP contribution in [-0.4, -0.2) is 55.9 Å². The Balaban J connectivity index is 1.38. The third kappa shape index (κ3) is 5.69. The predicted octanol–water partition coefficient (Wildman–Crippen LogP) is 3.89. The van der Waals surface area contributed by atoms with Crippen LogP contribution in [0.4, 0.5) is 10.8 Å². The zero-order valence-corrected chi connectivity index (χ0v) is 21.5. The van der Waals surface area contributed by atoms with Crippen LogP contribution in [0.3, 0.4) is 0 Å². The number of piperazine rings is 1. The lowest BCUT2D eigenvalue weighted by Crippen LogP contribution is -2.54. The Morgan fingerprint density at radius 2 is 1.91 bits per heavy atom. The molecule has 0 radical (unpaired) electrons. The quantitative estimate of drug-likeness (QED) is 0.474. The van der Waals surface area contributed by atoms with Crippen LogP contribution >= 0.6 is 34.5 Å². The number of hydrogen-bond donors (Lipinski definition) is 1. The summed E-state index contributed by atoms with van der Waals surface area (Å²) in [5.41, 5.74) is 0.533. The van der Waals surface area contributed by atoms with Crippen molar-refractivity contribution in [3.8, 4) is 5.75 Å². The molecule has 0 bridgehead atoms. The van der Waals surface area contributed by atoms with E-state index in [0.29, 0.717) is 10.7 Å². The first kappa shape index (κ1) is 25.2. The smallest absolute Gasteiger partial charge is 0.263 e. The van der Waals surface area contributed by atoms with Crippen molar-refractivity contribution in [2.45, 2.75) is 17.9 Å². The van der Waals surface area contributed by atoms with Crippen molar-refractivity contribution < 1.29 is 22.7 Å². The minimum Gasteiger partial charge on any atom is -0.479 e. The van der Waals surface area contributed by atoms with Gasteiger partial charge in [-0.15, -0.1) is 11.3 Å². The van der Waals surface area contributed by atoms with Crippen molar-refractivity contribution in [3.63, 3.8) is 0 Å². The maximum Gasteiger partial charge on any atom is 0.263 e. The van der Waals surface area contributed by atoms with Crippen LogP contribution in [0.15, 0.2) is 58.9 Å². The van der Waals surface area contributed by atoms with Crippen molar-refractivity contribution in [1.82, 2.24) is 9.88 Å². The monoisotopic (exact) mass is 554 g/mol. The molecule has 1 aliphatic heterocycles. The summed E-state index contributed by atoms with van der Waals surface area (Å²) in [5, 5.41) is 2.45. The molecule has 0 aliphatic carbocycles. The Kier molecular flexibility index (Phi) is 7.50. The van der Waals surface area contributed by atoms with Crippen molar-refractivity contribution in [3.05, 3.63) is 64.1 Å². The lowest BCUT2D eigenvalue weighted by atomic mass is 10.2. The first-order valence-electron chi connectivity index (χ1n) is 10.4. The second-order valence-corrected chi connectivity index (χ2v) is 10.9. The van der Waals surface area contributed by atoms with Crippen LogP contribution in [-0.2, 0) is 19.6 Å². The first-order valence-corrected chi connectivity index (χ1v) is 13.5. The fourth-order valence-electron chi connectivity index (χ4n) is 3.46. The van der Waals surface area contributed by atoms with E-state index in [2.05, 4.69) is 9.71 Å². The van der Waals surface area contributed by atoms with Crippen molar-refractivity contribution in [2.24, 2.45) is 0 Å². The highest BCUT2D eigenvalue weighted by molar-refractivity contribution is 7.93. The molecule has 13 heteroatoms. The van der Waals surface area contributed by atoms with Gasteiger partial charge in [0, 0.05) is 30.4 Å². The number of carbonyl (C=O) groups excluding carboxylic acids is 2. The van der Waals surface area contributed by atoms with Gasteiger partial charge < -0.3 is 14.5 Å². The minimum atomic E-state index is -3.80. The number of halogens is 2. The number of hydrogen-bond acceptors (Lipinski definition) is 7. The van der Waals surface area contributed by atoms with Gasteiger partial charge in [-0.2, -0.15) is 0 Å². The largest absolute Gasteiger partial charge is 0.479 e. The average molecular weight is 555 g/mol. The molecule has 2 amide bonds. The normalized spacial score (nSPS) is 15.1. The third-order valence-corrected chi connectivity index (χ3v) is 8.19. The molecule has 4 rings (SSSR count). The van der Waals surface area contributed by atoms with Crippen molar-refractivity contribution >= 4 is 67.2 Å². The van der Waals surface area contributed by atoms with Gasteiger partial charge in [0.15, 0.2) is 11.2 Å². The summed E-state index contributed by atoms with van der Waals surface area (Å²) in [5.74, 6) is -0.373. The molecule has 1 fully saturated rings. The number of sulfonamides is 1. The average Bonchev–Trinajstić information content (AvgIpc) is 3.34. The zero-order valence-electron chi connectivity index (χ0n) is 18.4. The molecule has 1 aromatic heterocycles. The molecule has 184 valence electrons. The highest BCUT2D eigenvalue weighted by Gasteiger charge is 2.31. The molecule has 9 nitrogen and oxygen atoms in total. The van der Waals surface area contributed by atoms with Gasteiger partial charge in [0.05, 0.1) is 9.92 Å². The molecule has 1 aliphatic rings. The maximum absolute atomic E-state index is 12.8. The number of nitrogens with zero attached hydrogens (tertiary/aromatic N) is 3. The van der Waals surface area contributed by atoms with Gasteiger partial charge in [-0.3, -0.25) is 14.3 Å². The topological polar surface area (TPSA) is 109 Å². The van der Waals surface area contributed by atoms with Gasteiger partial charge in [-0.25, -0.2) is 13.4 Å². The van der Waals surface area contributed by atoms with E-state index in [4.69, 9.17) is 27.9 Å². The van der Waals surface area contributed by atoms with Crippen LogP contribution in [0, 0.1) is 0 Å². The van der Waals surface area contributed by atoms with Crippen LogP contribution < -0.4 is 14.4 Å². The molecular formula is C22H20Cl2N4O5S2. The van der Waals surface area contributed by atoms with Crippen LogP contribution in [0.2, 0.25) is 10.0 Å². The zero-order chi connectivity index (χ0) is 25.2.